The Morgan fingerprint density at radius 2 is 2.22 bits per heavy atom. The molecule has 1 rings (SSSR count). The Balaban J connectivity index is 0.00000137. The first-order chi connectivity index (χ1) is 8.63. The Hall–Kier alpha value is -1.66. The van der Waals surface area contributed by atoms with Gasteiger partial charge in [0.2, 0.25) is 0 Å². The second-order valence-electron chi connectivity index (χ2n) is 2.90. The van der Waals surface area contributed by atoms with E-state index in [1.54, 1.807) is 0 Å². The predicted molar refractivity (Wildman–Crippen MR) is 70.2 cm³/mol. The molecule has 100 valence electrons. The summed E-state index contributed by atoms with van der Waals surface area (Å²) in [6, 6.07) is 1.39. The number of aromatic nitrogens is 1. The van der Waals surface area contributed by atoms with Gasteiger partial charge in [-0.15, -0.1) is 0 Å². The molecule has 0 unspecified atom stereocenters. The molecule has 0 saturated carbocycles. The van der Waals surface area contributed by atoms with Gasteiger partial charge in [-0.1, -0.05) is 11.6 Å². The average Bonchev–Trinajstić information content (AvgIpc) is 2.41. The van der Waals surface area contributed by atoms with E-state index in [1.165, 1.54) is 20.2 Å². The van der Waals surface area contributed by atoms with E-state index >= 15 is 0 Å². The molecule has 0 aliphatic heterocycles. The molecule has 6 nitrogen and oxygen atoms in total. The molecule has 7 heteroatoms. The van der Waals surface area contributed by atoms with Gasteiger partial charge in [-0.3, -0.25) is 4.79 Å². The molecule has 0 radical (unpaired) electrons. The van der Waals surface area contributed by atoms with Crippen molar-refractivity contribution < 1.29 is 14.3 Å². The number of nitrogens with one attached hydrogen (secondary N) is 1. The standard InChI is InChI=1S/C10H11ClN2O3.CH5N/c1-3-12-8-6(5-14)4-7(11)13-9(8)10(15)16-2;1-2/h4-5,12H,3H2,1-2H3;2H2,1H3. The first-order valence-electron chi connectivity index (χ1n) is 5.19. The van der Waals surface area contributed by atoms with Crippen LogP contribution in [0.2, 0.25) is 5.15 Å². The van der Waals surface area contributed by atoms with Crippen molar-refractivity contribution in [1.82, 2.24) is 4.98 Å². The Labute approximate surface area is 110 Å². The summed E-state index contributed by atoms with van der Waals surface area (Å²) < 4.78 is 4.56. The molecule has 18 heavy (non-hydrogen) atoms. The van der Waals surface area contributed by atoms with Crippen LogP contribution in [0, 0.1) is 0 Å². The highest BCUT2D eigenvalue weighted by Gasteiger charge is 2.18. The smallest absolute Gasteiger partial charge is 0.358 e. The third-order valence-electron chi connectivity index (χ3n) is 1.88. The van der Waals surface area contributed by atoms with Gasteiger partial charge in [-0.2, -0.15) is 0 Å². The van der Waals surface area contributed by atoms with Gasteiger partial charge in [0, 0.05) is 12.1 Å². The minimum Gasteiger partial charge on any atom is -0.464 e. The summed E-state index contributed by atoms with van der Waals surface area (Å²) in [6.07, 6.45) is 0.609. The highest BCUT2D eigenvalue weighted by Crippen LogP contribution is 2.22. The number of carbonyl (C=O) groups is 2. The minimum absolute atomic E-state index is 0.0129. The van der Waals surface area contributed by atoms with Gasteiger partial charge in [0.25, 0.3) is 0 Å². The van der Waals surface area contributed by atoms with Crippen molar-refractivity contribution >= 4 is 29.5 Å². The Bertz CT molecular complexity index is 424. The van der Waals surface area contributed by atoms with Crippen LogP contribution >= 0.6 is 11.6 Å². The Morgan fingerprint density at radius 1 is 1.61 bits per heavy atom. The van der Waals surface area contributed by atoms with Gasteiger partial charge in [0.1, 0.15) is 5.15 Å². The van der Waals surface area contributed by atoms with Crippen LogP contribution in [-0.2, 0) is 4.74 Å². The molecule has 1 aromatic heterocycles. The monoisotopic (exact) mass is 273 g/mol. The number of anilines is 1. The molecule has 0 aromatic carbocycles. The molecular weight excluding hydrogens is 258 g/mol. The average molecular weight is 274 g/mol. The Kier molecular flexibility index (Phi) is 7.66. The number of hydrogen-bond donors (Lipinski definition) is 2. The summed E-state index contributed by atoms with van der Waals surface area (Å²) in [6.45, 7) is 2.39. The molecule has 0 aliphatic carbocycles. The summed E-state index contributed by atoms with van der Waals surface area (Å²) >= 11 is 5.70. The number of methoxy groups -OCH3 is 1. The van der Waals surface area contributed by atoms with E-state index in [-0.39, 0.29) is 16.4 Å². The maximum atomic E-state index is 11.4. The molecule has 1 aromatic rings. The molecular formula is C11H16ClN3O3. The lowest BCUT2D eigenvalue weighted by molar-refractivity contribution is 0.0595. The van der Waals surface area contributed by atoms with E-state index in [0.29, 0.717) is 18.5 Å². The fourth-order valence-corrected chi connectivity index (χ4v) is 1.43. The lowest BCUT2D eigenvalue weighted by atomic mass is 10.2. The second-order valence-corrected chi connectivity index (χ2v) is 3.28. The van der Waals surface area contributed by atoms with E-state index < -0.39 is 5.97 Å². The van der Waals surface area contributed by atoms with Crippen LogP contribution in [0.4, 0.5) is 5.69 Å². The highest BCUT2D eigenvalue weighted by atomic mass is 35.5. The summed E-state index contributed by atoms with van der Waals surface area (Å²) in [5.41, 5.74) is 5.13. The van der Waals surface area contributed by atoms with Crippen LogP contribution in [0.25, 0.3) is 0 Å². The third-order valence-corrected chi connectivity index (χ3v) is 2.07. The zero-order valence-corrected chi connectivity index (χ0v) is 11.2. The number of nitrogens with zero attached hydrogens (tertiary/aromatic N) is 1. The van der Waals surface area contributed by atoms with Crippen molar-refractivity contribution in [3.05, 3.63) is 22.5 Å². The molecule has 0 bridgehead atoms. The van der Waals surface area contributed by atoms with Crippen LogP contribution in [0.5, 0.6) is 0 Å². The van der Waals surface area contributed by atoms with Crippen LogP contribution in [0.1, 0.15) is 27.8 Å². The topological polar surface area (TPSA) is 94.3 Å². The summed E-state index contributed by atoms with van der Waals surface area (Å²) in [4.78, 5) is 26.1. The van der Waals surface area contributed by atoms with Crippen molar-refractivity contribution in [2.45, 2.75) is 6.92 Å². The van der Waals surface area contributed by atoms with Crippen molar-refractivity contribution in [1.29, 1.82) is 0 Å². The zero-order valence-electron chi connectivity index (χ0n) is 10.5. The lowest BCUT2D eigenvalue weighted by Crippen LogP contribution is -2.12. The van der Waals surface area contributed by atoms with Crippen molar-refractivity contribution in [3.63, 3.8) is 0 Å². The van der Waals surface area contributed by atoms with Crippen molar-refractivity contribution in [2.75, 3.05) is 26.0 Å². The minimum atomic E-state index is -0.637. The Morgan fingerprint density at radius 3 is 2.67 bits per heavy atom. The number of aldehydes is 1. The van der Waals surface area contributed by atoms with E-state index in [1.807, 2.05) is 6.92 Å². The first-order valence-corrected chi connectivity index (χ1v) is 5.57. The molecule has 0 spiro atoms. The third kappa shape index (κ3) is 3.97. The molecule has 0 fully saturated rings. The van der Waals surface area contributed by atoms with Crippen LogP contribution in [-0.4, -0.2) is 37.9 Å². The van der Waals surface area contributed by atoms with Crippen molar-refractivity contribution in [2.24, 2.45) is 5.73 Å². The quantitative estimate of drug-likeness (QED) is 0.488. The normalized spacial score (nSPS) is 8.94. The first kappa shape index (κ1) is 16.3. The summed E-state index contributed by atoms with van der Waals surface area (Å²) in [5, 5.41) is 2.96. The number of ether oxygens (including phenoxy) is 1. The fourth-order valence-electron chi connectivity index (χ4n) is 1.23. The number of carbonyl (C=O) groups excluding carboxylic acids is 2. The molecule has 0 amide bonds. The van der Waals surface area contributed by atoms with Crippen LogP contribution in [0.15, 0.2) is 6.07 Å². The fraction of sp³-hybridized carbons (Fsp3) is 0.364. The van der Waals surface area contributed by atoms with E-state index in [4.69, 9.17) is 11.6 Å². The number of esters is 1. The van der Waals surface area contributed by atoms with E-state index in [2.05, 4.69) is 20.8 Å². The summed E-state index contributed by atoms with van der Waals surface area (Å²) in [7, 11) is 2.74. The lowest BCUT2D eigenvalue weighted by Gasteiger charge is -2.10. The predicted octanol–water partition coefficient (Wildman–Crippen LogP) is 1.34. The second kappa shape index (κ2) is 8.43. The molecule has 0 saturated heterocycles. The van der Waals surface area contributed by atoms with Gasteiger partial charge in [-0.25, -0.2) is 9.78 Å². The number of pyridine rings is 1. The van der Waals surface area contributed by atoms with E-state index in [0.717, 1.165) is 0 Å². The van der Waals surface area contributed by atoms with Gasteiger partial charge in [0.15, 0.2) is 12.0 Å². The molecule has 0 atom stereocenters. The van der Waals surface area contributed by atoms with Gasteiger partial charge in [0.05, 0.1) is 12.8 Å². The van der Waals surface area contributed by atoms with E-state index in [9.17, 15) is 9.59 Å². The molecule has 3 N–H and O–H groups in total. The number of nitrogens with two attached hydrogens (primary N) is 1. The summed E-state index contributed by atoms with van der Waals surface area (Å²) in [5.74, 6) is -0.637. The van der Waals surface area contributed by atoms with Crippen molar-refractivity contribution in [3.8, 4) is 0 Å². The number of halogens is 1. The number of hydrogen-bond acceptors (Lipinski definition) is 6. The highest BCUT2D eigenvalue weighted by molar-refractivity contribution is 6.30. The molecule has 1 heterocycles. The van der Waals surface area contributed by atoms with Crippen LogP contribution in [0.3, 0.4) is 0 Å². The largest absolute Gasteiger partial charge is 0.464 e. The SMILES string of the molecule is CCNc1c(C=O)cc(Cl)nc1C(=O)OC.CN. The molecule has 0 aliphatic rings. The maximum absolute atomic E-state index is 11.4. The zero-order chi connectivity index (χ0) is 14.1. The number of rotatable bonds is 4. The van der Waals surface area contributed by atoms with Gasteiger partial charge < -0.3 is 15.8 Å². The maximum Gasteiger partial charge on any atom is 0.358 e. The van der Waals surface area contributed by atoms with Crippen LogP contribution < -0.4 is 11.1 Å². The van der Waals surface area contributed by atoms with Gasteiger partial charge in [-0.05, 0) is 20.0 Å². The van der Waals surface area contributed by atoms with Gasteiger partial charge >= 0.3 is 5.97 Å².